The molecule has 0 spiro atoms. The van der Waals surface area contributed by atoms with E-state index in [2.05, 4.69) is 15.6 Å². The molecular formula is C24H22ClN5O3. The van der Waals surface area contributed by atoms with Crippen LogP contribution in [0.3, 0.4) is 0 Å². The van der Waals surface area contributed by atoms with E-state index in [9.17, 15) is 4.79 Å². The Hall–Kier alpha value is -3.91. The fraction of sp³-hybridized carbons (Fsp3) is 0.167. The second-order valence-corrected chi connectivity index (χ2v) is 7.70. The Morgan fingerprint density at radius 2 is 1.82 bits per heavy atom. The van der Waals surface area contributed by atoms with Crippen LogP contribution in [0, 0.1) is 6.92 Å². The minimum absolute atomic E-state index is 0.253. The molecule has 0 aliphatic heterocycles. The smallest absolute Gasteiger partial charge is 0.368 e. The molecule has 0 saturated heterocycles. The number of oxime groups is 1. The van der Waals surface area contributed by atoms with Gasteiger partial charge in [-0.05, 0) is 53.2 Å². The minimum atomic E-state index is -0.326. The molecule has 4 rings (SSSR count). The predicted octanol–water partition coefficient (Wildman–Crippen LogP) is 3.91. The lowest BCUT2D eigenvalue weighted by Crippen LogP contribution is -2.23. The van der Waals surface area contributed by atoms with Crippen LogP contribution in [-0.2, 0) is 18.5 Å². The van der Waals surface area contributed by atoms with Gasteiger partial charge in [0.25, 0.3) is 0 Å². The summed E-state index contributed by atoms with van der Waals surface area (Å²) in [5.74, 6) is 0.705. The van der Waals surface area contributed by atoms with E-state index in [1.807, 2.05) is 73.7 Å². The molecule has 0 saturated carbocycles. The molecule has 0 unspecified atom stereocenters. The van der Waals surface area contributed by atoms with Crippen LogP contribution in [0.15, 0.2) is 76.7 Å². The molecule has 168 valence electrons. The Bertz CT molecular complexity index is 1380. The van der Waals surface area contributed by atoms with Gasteiger partial charge in [0.15, 0.2) is 0 Å². The van der Waals surface area contributed by atoms with Crippen molar-refractivity contribution in [3.8, 4) is 11.4 Å². The Labute approximate surface area is 195 Å². The Kier molecular flexibility index (Phi) is 6.55. The quantitative estimate of drug-likeness (QED) is 0.306. The number of para-hydroxylation sites is 1. The molecular weight excluding hydrogens is 442 g/mol. The van der Waals surface area contributed by atoms with Crippen LogP contribution >= 0.6 is 11.6 Å². The fourth-order valence-electron chi connectivity index (χ4n) is 3.42. The predicted molar refractivity (Wildman–Crippen MR) is 126 cm³/mol. The van der Waals surface area contributed by atoms with E-state index >= 15 is 0 Å². The van der Waals surface area contributed by atoms with Crippen molar-refractivity contribution in [2.24, 2.45) is 12.2 Å². The van der Waals surface area contributed by atoms with Crippen LogP contribution in [-0.4, -0.2) is 32.6 Å². The number of nitrogens with zero attached hydrogens (tertiary/aromatic N) is 5. The lowest BCUT2D eigenvalue weighted by Gasteiger charge is -2.14. The van der Waals surface area contributed by atoms with E-state index in [4.69, 9.17) is 21.2 Å². The SMILES string of the molecule is CO/N=C(\c1ccc(OCc2ccccc2-n2nnn(C)c2=O)c(C)c1)c1ccccc1Cl. The van der Waals surface area contributed by atoms with E-state index < -0.39 is 0 Å². The molecule has 0 amide bonds. The molecule has 3 aromatic carbocycles. The van der Waals surface area contributed by atoms with E-state index in [0.717, 1.165) is 22.3 Å². The van der Waals surface area contributed by atoms with Crippen molar-refractivity contribution in [3.05, 3.63) is 104 Å². The van der Waals surface area contributed by atoms with Crippen LogP contribution in [0.25, 0.3) is 5.69 Å². The zero-order chi connectivity index (χ0) is 23.4. The summed E-state index contributed by atoms with van der Waals surface area (Å²) in [6, 6.07) is 20.6. The number of tetrazole rings is 1. The van der Waals surface area contributed by atoms with E-state index in [0.29, 0.717) is 22.2 Å². The third kappa shape index (κ3) is 4.65. The molecule has 4 aromatic rings. The van der Waals surface area contributed by atoms with Gasteiger partial charge >= 0.3 is 5.69 Å². The molecule has 0 aliphatic carbocycles. The molecule has 8 nitrogen and oxygen atoms in total. The van der Waals surface area contributed by atoms with E-state index in [-0.39, 0.29) is 12.3 Å². The number of rotatable bonds is 7. The van der Waals surface area contributed by atoms with Crippen molar-refractivity contribution >= 4 is 17.3 Å². The fourth-order valence-corrected chi connectivity index (χ4v) is 3.65. The maximum Gasteiger partial charge on any atom is 0.368 e. The highest BCUT2D eigenvalue weighted by molar-refractivity contribution is 6.35. The molecule has 0 fully saturated rings. The van der Waals surface area contributed by atoms with Crippen LogP contribution in [0.5, 0.6) is 5.75 Å². The number of aromatic nitrogens is 4. The van der Waals surface area contributed by atoms with Gasteiger partial charge in [0.2, 0.25) is 0 Å². The Morgan fingerprint density at radius 1 is 1.06 bits per heavy atom. The first kappa shape index (κ1) is 22.3. The number of benzene rings is 3. The van der Waals surface area contributed by atoms with Crippen molar-refractivity contribution in [2.45, 2.75) is 13.5 Å². The molecule has 0 N–H and O–H groups in total. The number of halogens is 1. The van der Waals surface area contributed by atoms with Crippen LogP contribution in [0.1, 0.15) is 22.3 Å². The average molecular weight is 464 g/mol. The van der Waals surface area contributed by atoms with Crippen molar-refractivity contribution in [3.63, 3.8) is 0 Å². The standard InChI is InChI=1S/C24H22ClN5O3/c1-16-14-17(23(26-32-3)19-9-5-6-10-20(19)25)12-13-22(16)33-15-18-8-4-7-11-21(18)30-24(31)29(2)27-28-30/h4-14H,15H2,1-3H3/b26-23+. The number of hydrogen-bond acceptors (Lipinski definition) is 6. The van der Waals surface area contributed by atoms with Crippen LogP contribution < -0.4 is 10.4 Å². The number of ether oxygens (including phenoxy) is 1. The van der Waals surface area contributed by atoms with Gasteiger partial charge in [-0.1, -0.05) is 53.2 Å². The third-order valence-electron chi connectivity index (χ3n) is 5.08. The van der Waals surface area contributed by atoms with Gasteiger partial charge in [0.05, 0.1) is 10.7 Å². The Balaban J connectivity index is 1.60. The van der Waals surface area contributed by atoms with Crippen molar-refractivity contribution in [1.29, 1.82) is 0 Å². The maximum atomic E-state index is 12.3. The van der Waals surface area contributed by atoms with Gasteiger partial charge in [0.1, 0.15) is 25.2 Å². The van der Waals surface area contributed by atoms with Gasteiger partial charge < -0.3 is 9.57 Å². The van der Waals surface area contributed by atoms with Crippen LogP contribution in [0.4, 0.5) is 0 Å². The number of hydrogen-bond donors (Lipinski definition) is 0. The summed E-state index contributed by atoms with van der Waals surface area (Å²) in [7, 11) is 3.06. The van der Waals surface area contributed by atoms with Crippen molar-refractivity contribution in [2.75, 3.05) is 7.11 Å². The number of aryl methyl sites for hydroxylation is 2. The zero-order valence-electron chi connectivity index (χ0n) is 18.4. The molecule has 1 heterocycles. The summed E-state index contributed by atoms with van der Waals surface area (Å²) in [6.07, 6.45) is 0. The highest BCUT2D eigenvalue weighted by Gasteiger charge is 2.15. The summed E-state index contributed by atoms with van der Waals surface area (Å²) >= 11 is 6.37. The zero-order valence-corrected chi connectivity index (χ0v) is 19.2. The van der Waals surface area contributed by atoms with E-state index in [1.165, 1.54) is 16.5 Å². The average Bonchev–Trinajstić information content (AvgIpc) is 3.15. The maximum absolute atomic E-state index is 12.3. The van der Waals surface area contributed by atoms with Gasteiger partial charge in [0, 0.05) is 23.7 Å². The van der Waals surface area contributed by atoms with Gasteiger partial charge in [-0.3, -0.25) is 0 Å². The molecule has 0 atom stereocenters. The minimum Gasteiger partial charge on any atom is -0.489 e. The van der Waals surface area contributed by atoms with Gasteiger partial charge in [-0.25, -0.2) is 4.79 Å². The molecule has 0 aliphatic rings. The largest absolute Gasteiger partial charge is 0.489 e. The summed E-state index contributed by atoms with van der Waals surface area (Å²) in [6.45, 7) is 2.21. The molecule has 9 heteroatoms. The molecule has 33 heavy (non-hydrogen) atoms. The van der Waals surface area contributed by atoms with Crippen LogP contribution in [0.2, 0.25) is 5.02 Å². The van der Waals surface area contributed by atoms with Crippen molar-refractivity contribution < 1.29 is 9.57 Å². The monoisotopic (exact) mass is 463 g/mol. The second kappa shape index (κ2) is 9.70. The first-order valence-corrected chi connectivity index (χ1v) is 10.5. The Morgan fingerprint density at radius 3 is 2.52 bits per heavy atom. The van der Waals surface area contributed by atoms with Crippen molar-refractivity contribution in [1.82, 2.24) is 19.8 Å². The highest BCUT2D eigenvalue weighted by Crippen LogP contribution is 2.25. The third-order valence-corrected chi connectivity index (χ3v) is 5.41. The van der Waals surface area contributed by atoms with E-state index in [1.54, 1.807) is 7.05 Å². The first-order chi connectivity index (χ1) is 16.0. The summed E-state index contributed by atoms with van der Waals surface area (Å²) in [5, 5.41) is 12.5. The lowest BCUT2D eigenvalue weighted by molar-refractivity contribution is 0.214. The topological polar surface area (TPSA) is 83.5 Å². The lowest BCUT2D eigenvalue weighted by atomic mass is 10.0. The first-order valence-electron chi connectivity index (χ1n) is 10.2. The molecule has 1 aromatic heterocycles. The summed E-state index contributed by atoms with van der Waals surface area (Å²) in [5.41, 5.74) is 4.27. The second-order valence-electron chi connectivity index (χ2n) is 7.30. The van der Waals surface area contributed by atoms with Gasteiger partial charge in [-0.15, -0.1) is 0 Å². The molecule has 0 radical (unpaired) electrons. The summed E-state index contributed by atoms with van der Waals surface area (Å²) in [4.78, 5) is 17.3. The summed E-state index contributed by atoms with van der Waals surface area (Å²) < 4.78 is 8.52. The highest BCUT2D eigenvalue weighted by atomic mass is 35.5. The van der Waals surface area contributed by atoms with Gasteiger partial charge in [-0.2, -0.15) is 9.36 Å². The normalized spacial score (nSPS) is 11.5. The molecule has 0 bridgehead atoms.